The number of rotatable bonds is 15. The maximum Gasteiger partial charge on any atom is 0.239 e. The van der Waals surface area contributed by atoms with Crippen LogP contribution in [0.15, 0.2) is 42.5 Å². The highest BCUT2D eigenvalue weighted by Crippen LogP contribution is 2.36. The minimum Gasteiger partial charge on any atom is -0.387 e. The highest BCUT2D eigenvalue weighted by atomic mass is 32.2. The average molecular weight is 700 g/mol. The SMILES string of the molecule is CS[C@H]1O[C@@H](c2ccc(C)c(Cc3ccc(CCCC(=O)NCC(=O)NCCN(C)CC(=O)N4CCN(C)CC4)cc3)c2)[C@H](O)[C@@H](O)[C@@H]1O. The molecule has 13 heteroatoms. The van der Waals surface area contributed by atoms with Gasteiger partial charge in [-0.15, -0.1) is 11.8 Å². The molecule has 270 valence electrons. The lowest BCUT2D eigenvalue weighted by atomic mass is 9.91. The summed E-state index contributed by atoms with van der Waals surface area (Å²) in [5, 5.41) is 36.7. The number of ether oxygens (including phenoxy) is 1. The van der Waals surface area contributed by atoms with Gasteiger partial charge in [0.25, 0.3) is 0 Å². The van der Waals surface area contributed by atoms with Gasteiger partial charge in [-0.2, -0.15) is 0 Å². The largest absolute Gasteiger partial charge is 0.387 e. The molecule has 2 aromatic carbocycles. The Bertz CT molecular complexity index is 1390. The Labute approximate surface area is 294 Å². The van der Waals surface area contributed by atoms with Crippen molar-refractivity contribution < 1.29 is 34.4 Å². The molecule has 2 fully saturated rings. The van der Waals surface area contributed by atoms with Crippen molar-refractivity contribution in [3.8, 4) is 0 Å². The number of aryl methyl sites for hydroxylation is 2. The molecule has 2 aliphatic rings. The van der Waals surface area contributed by atoms with E-state index < -0.39 is 29.9 Å². The number of thioether (sulfide) groups is 1. The van der Waals surface area contributed by atoms with Gasteiger partial charge in [0.1, 0.15) is 29.9 Å². The molecule has 2 heterocycles. The lowest BCUT2D eigenvalue weighted by Gasteiger charge is -2.40. The first kappa shape index (κ1) is 38.8. The summed E-state index contributed by atoms with van der Waals surface area (Å²) in [6.45, 7) is 6.45. The fourth-order valence-electron chi connectivity index (χ4n) is 6.06. The molecule has 0 bridgehead atoms. The summed E-state index contributed by atoms with van der Waals surface area (Å²) < 4.78 is 5.95. The van der Waals surface area contributed by atoms with E-state index in [1.165, 1.54) is 11.8 Å². The fourth-order valence-corrected chi connectivity index (χ4v) is 6.73. The number of aliphatic hydroxyl groups is 3. The molecular weight excluding hydrogens is 646 g/mol. The molecule has 5 N–H and O–H groups in total. The van der Waals surface area contributed by atoms with Crippen LogP contribution in [-0.4, -0.2) is 144 Å². The van der Waals surface area contributed by atoms with Crippen molar-refractivity contribution in [3.63, 3.8) is 0 Å². The summed E-state index contributed by atoms with van der Waals surface area (Å²) in [6, 6.07) is 14.1. The Morgan fingerprint density at radius 1 is 0.939 bits per heavy atom. The number of likely N-dealkylation sites (N-methyl/N-ethyl adjacent to an activating group) is 2. The van der Waals surface area contributed by atoms with Gasteiger partial charge in [-0.25, -0.2) is 0 Å². The number of carbonyl (C=O) groups is 3. The fraction of sp³-hybridized carbons (Fsp3) is 0.583. The zero-order valence-corrected chi connectivity index (χ0v) is 30.0. The normalized spacial score (nSPS) is 23.0. The van der Waals surface area contributed by atoms with E-state index in [1.54, 1.807) is 6.26 Å². The van der Waals surface area contributed by atoms with Gasteiger partial charge in [-0.3, -0.25) is 19.3 Å². The van der Waals surface area contributed by atoms with Crippen molar-refractivity contribution in [3.05, 3.63) is 70.3 Å². The van der Waals surface area contributed by atoms with E-state index in [9.17, 15) is 29.7 Å². The Balaban J connectivity index is 1.13. The predicted molar refractivity (Wildman–Crippen MR) is 190 cm³/mol. The number of benzene rings is 2. The summed E-state index contributed by atoms with van der Waals surface area (Å²) in [7, 11) is 3.91. The van der Waals surface area contributed by atoms with E-state index in [1.807, 2.05) is 42.0 Å². The number of amides is 3. The zero-order chi connectivity index (χ0) is 35.5. The third-order valence-electron chi connectivity index (χ3n) is 9.31. The van der Waals surface area contributed by atoms with Crippen molar-refractivity contribution in [1.29, 1.82) is 0 Å². The Kier molecular flexibility index (Phi) is 14.9. The molecule has 0 spiro atoms. The summed E-state index contributed by atoms with van der Waals surface area (Å²) >= 11 is 1.29. The van der Waals surface area contributed by atoms with Gasteiger partial charge < -0.3 is 40.5 Å². The van der Waals surface area contributed by atoms with E-state index in [2.05, 4.69) is 46.8 Å². The van der Waals surface area contributed by atoms with E-state index in [0.717, 1.165) is 60.4 Å². The smallest absolute Gasteiger partial charge is 0.239 e. The summed E-state index contributed by atoms with van der Waals surface area (Å²) in [6.07, 6.45) is -0.263. The number of aliphatic hydroxyl groups excluding tert-OH is 3. The second-order valence-electron chi connectivity index (χ2n) is 13.2. The second-order valence-corrected chi connectivity index (χ2v) is 14.1. The van der Waals surface area contributed by atoms with E-state index in [0.29, 0.717) is 38.9 Å². The van der Waals surface area contributed by atoms with E-state index in [-0.39, 0.29) is 24.3 Å². The Hall–Kier alpha value is -3.04. The number of hydrogen-bond donors (Lipinski definition) is 5. The van der Waals surface area contributed by atoms with E-state index >= 15 is 0 Å². The van der Waals surface area contributed by atoms with Crippen LogP contribution in [0.25, 0.3) is 0 Å². The monoisotopic (exact) mass is 699 g/mol. The first-order chi connectivity index (χ1) is 23.4. The van der Waals surface area contributed by atoms with Crippen LogP contribution in [0.3, 0.4) is 0 Å². The molecule has 3 amide bonds. The van der Waals surface area contributed by atoms with Gasteiger partial charge in [-0.05, 0) is 74.4 Å². The van der Waals surface area contributed by atoms with Crippen LogP contribution in [0.1, 0.15) is 46.8 Å². The molecule has 2 aromatic rings. The van der Waals surface area contributed by atoms with Crippen LogP contribution in [0.5, 0.6) is 0 Å². The lowest BCUT2D eigenvalue weighted by Crippen LogP contribution is -2.52. The van der Waals surface area contributed by atoms with Crippen molar-refractivity contribution in [2.24, 2.45) is 0 Å². The topological polar surface area (TPSA) is 155 Å². The van der Waals surface area contributed by atoms with Gasteiger partial charge in [0.2, 0.25) is 17.7 Å². The van der Waals surface area contributed by atoms with Crippen LogP contribution >= 0.6 is 11.8 Å². The number of nitrogens with zero attached hydrogens (tertiary/aromatic N) is 3. The van der Waals surface area contributed by atoms with Gasteiger partial charge in [0.05, 0.1) is 13.1 Å². The Morgan fingerprint density at radius 3 is 2.33 bits per heavy atom. The van der Waals surface area contributed by atoms with Gasteiger partial charge >= 0.3 is 0 Å². The third-order valence-corrected chi connectivity index (χ3v) is 10.2. The molecular formula is C36H53N5O7S. The van der Waals surface area contributed by atoms with Crippen molar-refractivity contribution in [2.45, 2.75) is 62.5 Å². The van der Waals surface area contributed by atoms with Crippen molar-refractivity contribution >= 4 is 29.5 Å². The summed E-state index contributed by atoms with van der Waals surface area (Å²) in [4.78, 5) is 43.0. The molecule has 4 rings (SSSR count). The average Bonchev–Trinajstić information content (AvgIpc) is 3.08. The van der Waals surface area contributed by atoms with Crippen LogP contribution in [-0.2, 0) is 32.0 Å². The second kappa shape index (κ2) is 18.8. The quantitative estimate of drug-likeness (QED) is 0.180. The van der Waals surface area contributed by atoms with Crippen molar-refractivity contribution in [1.82, 2.24) is 25.3 Å². The van der Waals surface area contributed by atoms with Crippen LogP contribution in [0.4, 0.5) is 0 Å². The van der Waals surface area contributed by atoms with Gasteiger partial charge in [-0.1, -0.05) is 42.5 Å². The highest BCUT2D eigenvalue weighted by molar-refractivity contribution is 7.99. The number of carbonyl (C=O) groups excluding carboxylic acids is 3. The number of piperazine rings is 1. The van der Waals surface area contributed by atoms with E-state index in [4.69, 9.17) is 4.74 Å². The number of nitrogens with one attached hydrogen (secondary N) is 2. The molecule has 49 heavy (non-hydrogen) atoms. The highest BCUT2D eigenvalue weighted by Gasteiger charge is 2.44. The summed E-state index contributed by atoms with van der Waals surface area (Å²) in [5.41, 5.74) is 4.52. The molecule has 2 aliphatic heterocycles. The molecule has 0 radical (unpaired) electrons. The first-order valence-electron chi connectivity index (χ1n) is 17.0. The maximum absolute atomic E-state index is 12.5. The molecule has 0 saturated carbocycles. The minimum atomic E-state index is -1.29. The van der Waals surface area contributed by atoms with Gasteiger partial charge in [0, 0.05) is 45.7 Å². The first-order valence-corrected chi connectivity index (χ1v) is 18.3. The Morgan fingerprint density at radius 2 is 1.63 bits per heavy atom. The van der Waals surface area contributed by atoms with Crippen molar-refractivity contribution in [2.75, 3.05) is 72.7 Å². The molecule has 5 atom stereocenters. The minimum absolute atomic E-state index is 0.0788. The van der Waals surface area contributed by atoms with Crippen LogP contribution < -0.4 is 10.6 Å². The standard InChI is InChI=1S/C36H53N5O7S/c1-24-8-13-27(35-33(46)32(45)34(47)36(48-35)49-4)21-28(24)20-26-11-9-25(10-12-26)6-5-7-29(42)38-22-30(43)37-14-15-40(3)23-31(44)41-18-16-39(2)17-19-41/h8-13,21,32-36,45-47H,5-7,14-20,22-23H2,1-4H3,(H,37,43)(H,38,42)/t32-,33-,34+,35+,36-/m1/s1. The van der Waals surface area contributed by atoms with Crippen LogP contribution in [0, 0.1) is 6.92 Å². The third kappa shape index (κ3) is 11.5. The lowest BCUT2D eigenvalue weighted by molar-refractivity contribution is -0.200. The molecule has 0 aliphatic carbocycles. The van der Waals surface area contributed by atoms with Crippen LogP contribution in [0.2, 0.25) is 0 Å². The van der Waals surface area contributed by atoms with Gasteiger partial charge in [0.15, 0.2) is 0 Å². The molecule has 0 aromatic heterocycles. The maximum atomic E-state index is 12.5. The summed E-state index contributed by atoms with van der Waals surface area (Å²) in [5.74, 6) is -0.328. The number of hydrogen-bond acceptors (Lipinski definition) is 10. The zero-order valence-electron chi connectivity index (χ0n) is 29.1. The molecule has 0 unspecified atom stereocenters. The molecule has 2 saturated heterocycles. The predicted octanol–water partition coefficient (Wildman–Crippen LogP) is 0.690. The molecule has 12 nitrogen and oxygen atoms in total.